The van der Waals surface area contributed by atoms with Crippen molar-refractivity contribution in [2.24, 2.45) is 0 Å². The zero-order valence-corrected chi connectivity index (χ0v) is 65.3. The van der Waals surface area contributed by atoms with Crippen LogP contribution in [0.15, 0.2) is 110 Å². The Morgan fingerprint density at radius 1 is 0.531 bits per heavy atom. The van der Waals surface area contributed by atoms with Crippen LogP contribution in [0.1, 0.15) is 166 Å². The number of aromatic nitrogens is 9. The number of carbonyl (C=O) groups is 4. The van der Waals surface area contributed by atoms with Crippen LogP contribution in [0.5, 0.6) is 0 Å². The van der Waals surface area contributed by atoms with Crippen LogP contribution in [0, 0.1) is 17.5 Å². The van der Waals surface area contributed by atoms with Gasteiger partial charge in [0, 0.05) is 90.2 Å². The van der Waals surface area contributed by atoms with E-state index in [9.17, 15) is 32.3 Å². The molecule has 2 fully saturated rings. The lowest BCUT2D eigenvalue weighted by Crippen LogP contribution is -3.00. The predicted octanol–water partition coefficient (Wildman–Crippen LogP) is 11.6. The van der Waals surface area contributed by atoms with Crippen molar-refractivity contribution >= 4 is 112 Å². The maximum absolute atomic E-state index is 13.7. The molecule has 11 rings (SSSR count). The molecule has 2 saturated heterocycles. The van der Waals surface area contributed by atoms with Crippen LogP contribution in [0.25, 0.3) is 50.7 Å². The van der Waals surface area contributed by atoms with Crippen molar-refractivity contribution in [3.05, 3.63) is 161 Å². The Morgan fingerprint density at radius 2 is 0.854 bits per heavy atom. The van der Waals surface area contributed by atoms with Crippen LogP contribution in [0.4, 0.5) is 18.0 Å². The summed E-state index contributed by atoms with van der Waals surface area (Å²) in [5.74, 6) is -2.30. The van der Waals surface area contributed by atoms with Crippen LogP contribution < -0.4 is 17.7 Å². The van der Waals surface area contributed by atoms with Crippen molar-refractivity contribution in [1.29, 1.82) is 0 Å². The van der Waals surface area contributed by atoms with Gasteiger partial charge >= 0.3 is 12.1 Å². The van der Waals surface area contributed by atoms with Crippen LogP contribution >= 0.6 is 71.1 Å². The van der Waals surface area contributed by atoms with Gasteiger partial charge in [-0.2, -0.15) is 25.2 Å². The third-order valence-electron chi connectivity index (χ3n) is 15.8. The van der Waals surface area contributed by atoms with Gasteiger partial charge in [-0.3, -0.25) is 9.59 Å². The molecule has 3 amide bonds. The number of aromatic carboxylic acids is 1. The molecule has 8 heterocycles. The molecular formula is C69H89ClF3I3N13O6P. The molecule has 2 aliphatic heterocycles. The highest BCUT2D eigenvalue weighted by Crippen LogP contribution is 2.35. The fraction of sp³-hybridized carbons (Fsp3) is 0.420. The van der Waals surface area contributed by atoms with Crippen molar-refractivity contribution in [3.8, 4) is 33.8 Å². The number of rotatable bonds is 6. The van der Waals surface area contributed by atoms with E-state index >= 15 is 0 Å². The molecule has 3 aromatic carbocycles. The van der Waals surface area contributed by atoms with E-state index < -0.39 is 17.1 Å². The number of halogens is 7. The minimum absolute atomic E-state index is 0. The molecule has 96 heavy (non-hydrogen) atoms. The number of carboxylic acid groups (broad SMARTS) is 1. The molecule has 2 aliphatic rings. The van der Waals surface area contributed by atoms with Crippen LogP contribution in [0.2, 0.25) is 0 Å². The third-order valence-corrected chi connectivity index (χ3v) is 15.8. The Kier molecular flexibility index (Phi) is 27.6. The summed E-state index contributed by atoms with van der Waals surface area (Å²) in [4.78, 5) is 69.7. The molecule has 27 heteroatoms. The van der Waals surface area contributed by atoms with E-state index in [2.05, 4.69) is 113 Å². The molecular weight excluding hydrogens is 1610 g/mol. The number of fused-ring (bicyclic) bond motifs is 3. The molecule has 0 radical (unpaired) electrons. The van der Waals surface area contributed by atoms with Gasteiger partial charge in [0.25, 0.3) is 11.8 Å². The minimum atomic E-state index is -1.10. The largest absolute Gasteiger partial charge is 1.00 e. The Balaban J connectivity index is 0.000000303. The Morgan fingerprint density at radius 3 is 1.16 bits per heavy atom. The second-order valence-electron chi connectivity index (χ2n) is 28.3. The Labute approximate surface area is 610 Å². The average molecular weight is 1700 g/mol. The summed E-state index contributed by atoms with van der Waals surface area (Å²) in [6.07, 6.45) is 4.37. The van der Waals surface area contributed by atoms with Crippen molar-refractivity contribution in [2.45, 2.75) is 151 Å². The first kappa shape index (κ1) is 82.3. The monoisotopic (exact) mass is 1700 g/mol. The number of hydrogen-bond acceptors (Lipinski definition) is 11. The second kappa shape index (κ2) is 32.2. The standard InChI is InChI=1S/C28H36FN5O3.C23H28FN5O.C17H16FN3O2.CH4.ClH.I2.HI.H3P/c1-26(2,3)20-15-21(18-9-11-19(29)12-10-18)31-34-16-22(30-23(20)34)24(35)33-14-13-32(17-28(33,7)8)25(36)37-27(4,5)6;1-22(2,3)17-12-18(15-6-8-16(24)9-7-15)27-29-13-19(26-20(17)29)21(30)28-11-10-25-14-23(28,4)5;1-17(2,3)12-8-13(10-4-6-11(18)7-5-10)20-21-9-14(16(22)23)19-15(12)21;;;1-2;;/h9-12,15-16H,13-14,17H2,1-8H3;6-9,12-13,25H,10-11,14H2,1-5H3;4-9H,1-3H3,(H,22,23);1H4;1H;;1H;1H3. The maximum atomic E-state index is 13.7. The first-order valence-electron chi connectivity index (χ1n) is 30.2. The van der Waals surface area contributed by atoms with Gasteiger partial charge < -0.3 is 42.3 Å². The summed E-state index contributed by atoms with van der Waals surface area (Å²) < 4.78 is 50.3. The van der Waals surface area contributed by atoms with Crippen molar-refractivity contribution in [3.63, 3.8) is 0 Å². The topological polar surface area (TPSA) is 215 Å². The van der Waals surface area contributed by atoms with E-state index in [-0.39, 0.29) is 122 Å². The van der Waals surface area contributed by atoms with Gasteiger partial charge in [0.1, 0.15) is 34.4 Å². The number of amides is 3. The maximum Gasteiger partial charge on any atom is 0.410 e. The SMILES string of the molecule is C.CC(C)(C)OC(=O)N1CCN(C(=O)c2cn3nc(-c4ccc(F)cc4)cc(C(C)(C)C)c3n2)C(C)(C)C1.CC(C)(C)c1cc(-c2ccc(F)cc2)nn2cc(C(=O)N3CC[NH2+]CC3(C)C)nc12.CC(C)(C)c1cc(-c2ccc(F)cc2)nn2cc(C(=O)O)nc12.I.II.P.[Cl-]. The highest BCUT2D eigenvalue weighted by molar-refractivity contribution is 15.0. The predicted molar refractivity (Wildman–Crippen MR) is 399 cm³/mol. The number of quaternary nitrogens is 1. The van der Waals surface area contributed by atoms with Gasteiger partial charge in [0.05, 0.1) is 66.4 Å². The van der Waals surface area contributed by atoms with E-state index in [1.54, 1.807) is 67.6 Å². The Bertz CT molecular complexity index is 4200. The molecule has 19 nitrogen and oxygen atoms in total. The molecule has 0 bridgehead atoms. The average Bonchev–Trinajstić information content (AvgIpc) is 1.58. The number of nitrogens with two attached hydrogens (primary N) is 1. The smallest absolute Gasteiger partial charge is 0.410 e. The summed E-state index contributed by atoms with van der Waals surface area (Å²) in [6.45, 7) is 35.7. The molecule has 3 N–H and O–H groups in total. The number of piperazine rings is 2. The molecule has 520 valence electrons. The van der Waals surface area contributed by atoms with E-state index in [0.29, 0.717) is 60.2 Å². The molecule has 0 saturated carbocycles. The van der Waals surface area contributed by atoms with Crippen molar-refractivity contribution in [1.82, 2.24) is 58.5 Å². The van der Waals surface area contributed by atoms with Gasteiger partial charge in [-0.05, 0) is 156 Å². The Hall–Kier alpha value is -6.14. The van der Waals surface area contributed by atoms with Gasteiger partial charge in [-0.25, -0.2) is 51.3 Å². The number of ether oxygens (including phenoxy) is 1. The lowest BCUT2D eigenvalue weighted by Gasteiger charge is -2.46. The third kappa shape index (κ3) is 19.4. The zero-order valence-electron chi connectivity index (χ0n) is 56.5. The molecule has 1 unspecified atom stereocenters. The van der Waals surface area contributed by atoms with Crippen LogP contribution in [0.3, 0.4) is 0 Å². The van der Waals surface area contributed by atoms with E-state index in [1.807, 2.05) is 78.5 Å². The van der Waals surface area contributed by atoms with Gasteiger partial charge in [-0.1, -0.05) is 69.7 Å². The number of imidazole rings is 3. The summed E-state index contributed by atoms with van der Waals surface area (Å²) in [5.41, 5.74) is 7.41. The molecule has 6 aromatic heterocycles. The first-order valence-corrected chi connectivity index (χ1v) is 36.5. The van der Waals surface area contributed by atoms with E-state index in [4.69, 9.17) is 24.9 Å². The first-order chi connectivity index (χ1) is 42.9. The van der Waals surface area contributed by atoms with Gasteiger partial charge in [0.15, 0.2) is 22.6 Å². The van der Waals surface area contributed by atoms with Crippen molar-refractivity contribution < 1.29 is 59.9 Å². The number of carboxylic acids is 1. The van der Waals surface area contributed by atoms with Crippen LogP contribution in [-0.2, 0) is 21.0 Å². The molecule has 1 atom stereocenters. The summed E-state index contributed by atoms with van der Waals surface area (Å²) in [6, 6.07) is 24.3. The highest BCUT2D eigenvalue weighted by atomic mass is 128. The van der Waals surface area contributed by atoms with Crippen molar-refractivity contribution in [2.75, 3.05) is 39.3 Å². The molecule has 0 aliphatic carbocycles. The lowest BCUT2D eigenvalue weighted by atomic mass is 9.87. The minimum Gasteiger partial charge on any atom is -1.00 e. The normalized spacial score (nSPS) is 14.4. The molecule has 9 aromatic rings. The van der Waals surface area contributed by atoms with Crippen LogP contribution in [-0.4, -0.2) is 143 Å². The molecule has 0 spiro atoms. The number of benzene rings is 3. The fourth-order valence-electron chi connectivity index (χ4n) is 10.9. The summed E-state index contributed by atoms with van der Waals surface area (Å²) >= 11 is 4.24. The zero-order chi connectivity index (χ0) is 67.8. The number of carbonyl (C=O) groups excluding carboxylic acids is 3. The lowest BCUT2D eigenvalue weighted by molar-refractivity contribution is -0.673. The number of hydrogen-bond donors (Lipinski definition) is 2. The second-order valence-corrected chi connectivity index (χ2v) is 28.3. The highest BCUT2D eigenvalue weighted by Gasteiger charge is 2.42. The fourth-order valence-corrected chi connectivity index (χ4v) is 10.9. The quantitative estimate of drug-likeness (QED) is 0.117. The van der Waals surface area contributed by atoms with Gasteiger partial charge in [0.2, 0.25) is 0 Å². The summed E-state index contributed by atoms with van der Waals surface area (Å²) in [5, 5.41) is 25.2. The van der Waals surface area contributed by atoms with E-state index in [1.165, 1.54) is 47.1 Å². The number of nitrogens with zero attached hydrogens (tertiary/aromatic N) is 12. The summed E-state index contributed by atoms with van der Waals surface area (Å²) in [7, 11) is 0. The van der Waals surface area contributed by atoms with Gasteiger partial charge in [-0.15, -0.1) is 24.0 Å². The van der Waals surface area contributed by atoms with E-state index in [0.717, 1.165) is 52.2 Å².